The van der Waals surface area contributed by atoms with Crippen molar-refractivity contribution >= 4 is 57.0 Å². The molecule has 1 aromatic heterocycles. The zero-order valence-corrected chi connectivity index (χ0v) is 19.4. The summed E-state index contributed by atoms with van der Waals surface area (Å²) in [6.07, 6.45) is 5.19. The fraction of sp³-hybridized carbons (Fsp3) is 0.364. The molecule has 0 unspecified atom stereocenters. The molecule has 2 fully saturated rings. The van der Waals surface area contributed by atoms with Crippen molar-refractivity contribution in [2.75, 3.05) is 25.5 Å². The Morgan fingerprint density at radius 3 is 2.84 bits per heavy atom. The standard InChI is InChI=1S/C22H25N5O2S2/c1-13-4-5-17(14(2)10-13)24-22-26-20(29)18(31-22)11-16-12-23-21(30-16)25-19(28)15-6-8-27(3)9-7-15/h4-5,10-12,15H,6-9H2,1-3H3,(H,23,25,28)(H,24,26,29). The average molecular weight is 456 g/mol. The fourth-order valence-corrected chi connectivity index (χ4v) is 5.20. The summed E-state index contributed by atoms with van der Waals surface area (Å²) >= 11 is 2.67. The molecule has 2 aromatic rings. The first-order valence-corrected chi connectivity index (χ1v) is 11.8. The third-order valence-corrected chi connectivity index (χ3v) is 7.11. The van der Waals surface area contributed by atoms with Crippen molar-refractivity contribution in [2.45, 2.75) is 26.7 Å². The minimum absolute atomic E-state index is 0.0255. The number of hydrogen-bond donors (Lipinski definition) is 2. The van der Waals surface area contributed by atoms with E-state index in [0.29, 0.717) is 15.2 Å². The van der Waals surface area contributed by atoms with E-state index < -0.39 is 0 Å². The van der Waals surface area contributed by atoms with Crippen LogP contribution in [0.3, 0.4) is 0 Å². The Morgan fingerprint density at radius 1 is 1.32 bits per heavy atom. The van der Waals surface area contributed by atoms with Gasteiger partial charge in [0.1, 0.15) is 0 Å². The van der Waals surface area contributed by atoms with E-state index in [1.54, 1.807) is 12.3 Å². The largest absolute Gasteiger partial charge is 0.306 e. The monoisotopic (exact) mass is 455 g/mol. The van der Waals surface area contributed by atoms with Crippen molar-refractivity contribution in [2.24, 2.45) is 10.9 Å². The van der Waals surface area contributed by atoms with E-state index in [0.717, 1.165) is 42.1 Å². The van der Waals surface area contributed by atoms with Gasteiger partial charge in [0.2, 0.25) is 5.91 Å². The van der Waals surface area contributed by atoms with Gasteiger partial charge in [0, 0.05) is 12.1 Å². The number of benzene rings is 1. The molecule has 0 aliphatic carbocycles. The van der Waals surface area contributed by atoms with Crippen LogP contribution in [0.15, 0.2) is 34.3 Å². The van der Waals surface area contributed by atoms with E-state index >= 15 is 0 Å². The quantitative estimate of drug-likeness (QED) is 0.682. The third kappa shape index (κ3) is 5.41. The minimum Gasteiger partial charge on any atom is -0.306 e. The summed E-state index contributed by atoms with van der Waals surface area (Å²) in [7, 11) is 2.07. The number of anilines is 1. The molecular formula is C22H25N5O2S2. The molecule has 7 nitrogen and oxygen atoms in total. The molecule has 0 atom stereocenters. The molecule has 0 radical (unpaired) electrons. The number of carbonyl (C=O) groups is 2. The molecular weight excluding hydrogens is 430 g/mol. The molecule has 1 aromatic carbocycles. The SMILES string of the molecule is Cc1ccc(N=C2NC(=O)C(=Cc3cnc(NC(=O)C4CCN(C)CC4)s3)S2)c(C)c1. The zero-order chi connectivity index (χ0) is 22.0. The molecule has 2 aliphatic heterocycles. The molecule has 2 aliphatic rings. The van der Waals surface area contributed by atoms with Crippen LogP contribution in [-0.2, 0) is 9.59 Å². The summed E-state index contributed by atoms with van der Waals surface area (Å²) in [6.45, 7) is 5.91. The van der Waals surface area contributed by atoms with Crippen LogP contribution < -0.4 is 10.6 Å². The Labute approximate surface area is 190 Å². The summed E-state index contributed by atoms with van der Waals surface area (Å²) < 4.78 is 0. The van der Waals surface area contributed by atoms with Crippen LogP contribution in [0.4, 0.5) is 10.8 Å². The Bertz CT molecular complexity index is 1070. The van der Waals surface area contributed by atoms with Gasteiger partial charge in [-0.2, -0.15) is 0 Å². The van der Waals surface area contributed by atoms with Gasteiger partial charge in [0.15, 0.2) is 10.3 Å². The Balaban J connectivity index is 1.41. The van der Waals surface area contributed by atoms with E-state index in [2.05, 4.69) is 38.6 Å². The molecule has 9 heteroatoms. The van der Waals surface area contributed by atoms with Crippen molar-refractivity contribution in [3.63, 3.8) is 0 Å². The lowest BCUT2D eigenvalue weighted by Gasteiger charge is -2.27. The van der Waals surface area contributed by atoms with Gasteiger partial charge in [-0.3, -0.25) is 9.59 Å². The van der Waals surface area contributed by atoms with Crippen LogP contribution in [0.2, 0.25) is 0 Å². The highest BCUT2D eigenvalue weighted by Crippen LogP contribution is 2.31. The van der Waals surface area contributed by atoms with Gasteiger partial charge in [0.05, 0.1) is 15.5 Å². The van der Waals surface area contributed by atoms with Gasteiger partial charge < -0.3 is 15.5 Å². The van der Waals surface area contributed by atoms with Crippen molar-refractivity contribution in [1.82, 2.24) is 15.2 Å². The smallest absolute Gasteiger partial charge is 0.264 e. The molecule has 4 rings (SSSR count). The molecule has 0 bridgehead atoms. The maximum Gasteiger partial charge on any atom is 0.264 e. The lowest BCUT2D eigenvalue weighted by molar-refractivity contribution is -0.121. The van der Waals surface area contributed by atoms with Gasteiger partial charge in [-0.25, -0.2) is 9.98 Å². The van der Waals surface area contributed by atoms with Crippen LogP contribution in [0.1, 0.15) is 28.8 Å². The van der Waals surface area contributed by atoms with Crippen LogP contribution in [-0.4, -0.2) is 47.0 Å². The van der Waals surface area contributed by atoms with Gasteiger partial charge in [-0.05, 0) is 76.3 Å². The number of thioether (sulfide) groups is 1. The lowest BCUT2D eigenvalue weighted by Crippen LogP contribution is -2.35. The molecule has 162 valence electrons. The van der Waals surface area contributed by atoms with Crippen molar-refractivity contribution in [3.05, 3.63) is 45.3 Å². The topological polar surface area (TPSA) is 86.7 Å². The van der Waals surface area contributed by atoms with Crippen LogP contribution >= 0.6 is 23.1 Å². The molecule has 3 heterocycles. The lowest BCUT2D eigenvalue weighted by atomic mass is 9.96. The predicted molar refractivity (Wildman–Crippen MR) is 128 cm³/mol. The van der Waals surface area contributed by atoms with Gasteiger partial charge >= 0.3 is 0 Å². The molecule has 2 N–H and O–H groups in total. The number of thiazole rings is 1. The summed E-state index contributed by atoms with van der Waals surface area (Å²) in [5.41, 5.74) is 3.08. The van der Waals surface area contributed by atoms with E-state index in [-0.39, 0.29) is 17.7 Å². The molecule has 0 spiro atoms. The first kappa shape index (κ1) is 21.7. The minimum atomic E-state index is -0.182. The maximum absolute atomic E-state index is 12.5. The van der Waals surface area contributed by atoms with Crippen LogP contribution in [0, 0.1) is 19.8 Å². The number of rotatable bonds is 4. The van der Waals surface area contributed by atoms with Crippen molar-refractivity contribution in [1.29, 1.82) is 0 Å². The number of nitrogens with one attached hydrogen (secondary N) is 2. The second kappa shape index (κ2) is 9.33. The number of likely N-dealkylation sites (tertiary alicyclic amines) is 1. The molecule has 31 heavy (non-hydrogen) atoms. The van der Waals surface area contributed by atoms with E-state index in [4.69, 9.17) is 0 Å². The fourth-order valence-electron chi connectivity index (χ4n) is 3.54. The maximum atomic E-state index is 12.5. The number of amidine groups is 1. The number of hydrogen-bond acceptors (Lipinski definition) is 7. The molecule has 2 amide bonds. The highest BCUT2D eigenvalue weighted by Gasteiger charge is 2.26. The van der Waals surface area contributed by atoms with Gasteiger partial charge in [0.25, 0.3) is 5.91 Å². The van der Waals surface area contributed by atoms with E-state index in [1.807, 2.05) is 26.0 Å². The van der Waals surface area contributed by atoms with Crippen LogP contribution in [0.5, 0.6) is 0 Å². The van der Waals surface area contributed by atoms with Crippen molar-refractivity contribution in [3.8, 4) is 0 Å². The summed E-state index contributed by atoms with van der Waals surface area (Å²) in [6, 6.07) is 6.02. The summed E-state index contributed by atoms with van der Waals surface area (Å²) in [4.78, 5) is 37.3. The van der Waals surface area contributed by atoms with Gasteiger partial charge in [-0.15, -0.1) is 0 Å². The van der Waals surface area contributed by atoms with Crippen LogP contribution in [0.25, 0.3) is 6.08 Å². The number of nitrogens with zero attached hydrogens (tertiary/aromatic N) is 3. The number of aromatic nitrogens is 1. The zero-order valence-electron chi connectivity index (χ0n) is 17.8. The number of piperidine rings is 1. The van der Waals surface area contributed by atoms with E-state index in [1.165, 1.54) is 28.7 Å². The second-order valence-electron chi connectivity index (χ2n) is 7.91. The molecule has 2 saturated heterocycles. The number of amides is 2. The normalized spacial score (nSPS) is 20.4. The Hall–Kier alpha value is -2.49. The summed E-state index contributed by atoms with van der Waals surface area (Å²) in [5.74, 6) is -0.126. The number of aryl methyl sites for hydroxylation is 2. The first-order valence-electron chi connectivity index (χ1n) is 10.2. The van der Waals surface area contributed by atoms with Crippen molar-refractivity contribution < 1.29 is 9.59 Å². The predicted octanol–water partition coefficient (Wildman–Crippen LogP) is 3.93. The Kier molecular flexibility index (Phi) is 6.54. The summed E-state index contributed by atoms with van der Waals surface area (Å²) in [5, 5.41) is 6.86. The number of aliphatic imine (C=N–C) groups is 1. The average Bonchev–Trinajstić information content (AvgIpc) is 3.31. The Morgan fingerprint density at radius 2 is 2.10 bits per heavy atom. The van der Waals surface area contributed by atoms with Gasteiger partial charge in [-0.1, -0.05) is 29.0 Å². The third-order valence-electron chi connectivity index (χ3n) is 5.34. The van der Waals surface area contributed by atoms with E-state index in [9.17, 15) is 9.59 Å². The number of carbonyl (C=O) groups excluding carboxylic acids is 2. The first-order chi connectivity index (χ1) is 14.9. The highest BCUT2D eigenvalue weighted by molar-refractivity contribution is 8.18. The highest BCUT2D eigenvalue weighted by atomic mass is 32.2. The molecule has 0 saturated carbocycles. The second-order valence-corrected chi connectivity index (χ2v) is 10.00.